The third-order valence-corrected chi connectivity index (χ3v) is 5.40. The Hall–Kier alpha value is -2.12. The van der Waals surface area contributed by atoms with E-state index in [0.29, 0.717) is 12.2 Å². The largest absolute Gasteiger partial charge is 0.276 e. The van der Waals surface area contributed by atoms with Crippen LogP contribution in [0.5, 0.6) is 0 Å². The van der Waals surface area contributed by atoms with Gasteiger partial charge in [0, 0.05) is 10.7 Å². The highest BCUT2D eigenvalue weighted by Gasteiger charge is 2.15. The molecule has 0 saturated carbocycles. The number of benzene rings is 2. The van der Waals surface area contributed by atoms with Gasteiger partial charge in [0.05, 0.1) is 23.3 Å². The first-order valence-corrected chi connectivity index (χ1v) is 9.56. The van der Waals surface area contributed by atoms with Gasteiger partial charge in [0.1, 0.15) is 0 Å². The van der Waals surface area contributed by atoms with Crippen molar-refractivity contribution in [3.63, 3.8) is 0 Å². The van der Waals surface area contributed by atoms with Crippen LogP contribution in [0.15, 0.2) is 70.3 Å². The van der Waals surface area contributed by atoms with E-state index in [-0.39, 0.29) is 4.90 Å². The Bertz CT molecular complexity index is 933. The van der Waals surface area contributed by atoms with E-state index in [0.717, 1.165) is 10.0 Å². The van der Waals surface area contributed by atoms with Crippen molar-refractivity contribution in [1.82, 2.24) is 9.78 Å². The zero-order valence-electron chi connectivity index (χ0n) is 13.0. The van der Waals surface area contributed by atoms with Crippen molar-refractivity contribution < 1.29 is 8.42 Å². The Labute approximate surface area is 149 Å². The van der Waals surface area contributed by atoms with E-state index < -0.39 is 10.0 Å². The molecule has 7 heteroatoms. The van der Waals surface area contributed by atoms with E-state index >= 15 is 0 Å². The van der Waals surface area contributed by atoms with Gasteiger partial charge in [0.15, 0.2) is 0 Å². The second-order valence-electron chi connectivity index (χ2n) is 5.47. The molecule has 0 spiro atoms. The highest BCUT2D eigenvalue weighted by Crippen LogP contribution is 2.18. The van der Waals surface area contributed by atoms with Crippen molar-refractivity contribution in [3.8, 4) is 0 Å². The number of halogens is 1. The number of anilines is 1. The van der Waals surface area contributed by atoms with E-state index in [4.69, 9.17) is 0 Å². The van der Waals surface area contributed by atoms with E-state index in [1.54, 1.807) is 35.1 Å². The maximum absolute atomic E-state index is 12.4. The Balaban J connectivity index is 1.73. The maximum Gasteiger partial charge on any atom is 0.261 e. The fraction of sp³-hybridized carbons (Fsp3) is 0.118. The van der Waals surface area contributed by atoms with Gasteiger partial charge in [0.2, 0.25) is 0 Å². The summed E-state index contributed by atoms with van der Waals surface area (Å²) in [6.07, 6.45) is 3.18. The molecule has 0 aliphatic heterocycles. The third-order valence-electron chi connectivity index (χ3n) is 3.47. The lowest BCUT2D eigenvalue weighted by Gasteiger charge is -2.06. The second-order valence-corrected chi connectivity index (χ2v) is 8.07. The molecule has 3 rings (SSSR count). The standard InChI is InChI=1S/C17H16BrN3O2S/c1-13-2-4-14(5-3-13)11-21-12-16(10-19-21)20-24(22,23)17-8-6-15(18)7-9-17/h2-10,12,20H,11H2,1H3. The van der Waals surface area contributed by atoms with Crippen LogP contribution in [0.2, 0.25) is 0 Å². The Morgan fingerprint density at radius 2 is 1.75 bits per heavy atom. The number of hydrogen-bond donors (Lipinski definition) is 1. The van der Waals surface area contributed by atoms with Crippen LogP contribution < -0.4 is 4.72 Å². The maximum atomic E-state index is 12.4. The smallest absolute Gasteiger partial charge is 0.261 e. The van der Waals surface area contributed by atoms with Gasteiger partial charge < -0.3 is 0 Å². The van der Waals surface area contributed by atoms with E-state index in [2.05, 4.69) is 25.8 Å². The van der Waals surface area contributed by atoms with Gasteiger partial charge >= 0.3 is 0 Å². The molecule has 0 unspecified atom stereocenters. The first-order chi connectivity index (χ1) is 11.4. The molecular weight excluding hydrogens is 390 g/mol. The molecule has 0 atom stereocenters. The first kappa shape index (κ1) is 16.7. The normalized spacial score (nSPS) is 11.4. The van der Waals surface area contributed by atoms with Gasteiger partial charge in [-0.2, -0.15) is 5.10 Å². The summed E-state index contributed by atoms with van der Waals surface area (Å²) in [7, 11) is -3.62. The summed E-state index contributed by atoms with van der Waals surface area (Å²) in [5.74, 6) is 0. The third kappa shape index (κ3) is 4.04. The van der Waals surface area contributed by atoms with Crippen LogP contribution in [-0.2, 0) is 16.6 Å². The molecule has 124 valence electrons. The molecule has 0 radical (unpaired) electrons. The van der Waals surface area contributed by atoms with Crippen LogP contribution in [-0.4, -0.2) is 18.2 Å². The highest BCUT2D eigenvalue weighted by molar-refractivity contribution is 9.10. The van der Waals surface area contributed by atoms with Crippen LogP contribution in [0.3, 0.4) is 0 Å². The molecule has 0 bridgehead atoms. The first-order valence-electron chi connectivity index (χ1n) is 7.29. The summed E-state index contributed by atoms with van der Waals surface area (Å²) >= 11 is 3.29. The molecule has 0 aliphatic carbocycles. The van der Waals surface area contributed by atoms with Crippen molar-refractivity contribution >= 4 is 31.6 Å². The number of hydrogen-bond acceptors (Lipinski definition) is 3. The molecule has 0 aliphatic rings. The minimum absolute atomic E-state index is 0.206. The summed E-state index contributed by atoms with van der Waals surface area (Å²) in [6.45, 7) is 2.62. The minimum Gasteiger partial charge on any atom is -0.276 e. The van der Waals surface area contributed by atoms with Crippen LogP contribution in [0.4, 0.5) is 5.69 Å². The lowest BCUT2D eigenvalue weighted by molar-refractivity contribution is 0.601. The minimum atomic E-state index is -3.62. The predicted octanol–water partition coefficient (Wildman–Crippen LogP) is 3.80. The van der Waals surface area contributed by atoms with Crippen molar-refractivity contribution in [2.24, 2.45) is 0 Å². The Morgan fingerprint density at radius 3 is 2.42 bits per heavy atom. The summed E-state index contributed by atoms with van der Waals surface area (Å²) in [6, 6.07) is 14.6. The van der Waals surface area contributed by atoms with E-state index in [9.17, 15) is 8.42 Å². The van der Waals surface area contributed by atoms with Crippen molar-refractivity contribution in [1.29, 1.82) is 0 Å². The van der Waals surface area contributed by atoms with Gasteiger partial charge in [-0.3, -0.25) is 9.40 Å². The summed E-state index contributed by atoms with van der Waals surface area (Å²) in [5.41, 5.74) is 2.73. The lowest BCUT2D eigenvalue weighted by atomic mass is 10.1. The van der Waals surface area contributed by atoms with Gasteiger partial charge in [-0.15, -0.1) is 0 Å². The molecule has 1 aromatic heterocycles. The zero-order chi connectivity index (χ0) is 17.2. The molecule has 1 N–H and O–H groups in total. The molecule has 2 aromatic carbocycles. The molecule has 5 nitrogen and oxygen atoms in total. The number of rotatable bonds is 5. The molecule has 0 amide bonds. The zero-order valence-corrected chi connectivity index (χ0v) is 15.4. The van der Waals surface area contributed by atoms with Gasteiger partial charge in [-0.05, 0) is 36.8 Å². The quantitative estimate of drug-likeness (QED) is 0.701. The Kier molecular flexibility index (Phi) is 4.73. The van der Waals surface area contributed by atoms with Crippen LogP contribution in [0.25, 0.3) is 0 Å². The molecule has 24 heavy (non-hydrogen) atoms. The second kappa shape index (κ2) is 6.78. The van der Waals surface area contributed by atoms with Crippen molar-refractivity contribution in [3.05, 3.63) is 76.5 Å². The number of aryl methyl sites for hydroxylation is 1. The fourth-order valence-corrected chi connectivity index (χ4v) is 3.50. The summed E-state index contributed by atoms with van der Waals surface area (Å²) < 4.78 is 29.8. The van der Waals surface area contributed by atoms with Gasteiger partial charge in [-0.1, -0.05) is 45.8 Å². The number of aromatic nitrogens is 2. The summed E-state index contributed by atoms with van der Waals surface area (Å²) in [5, 5.41) is 4.21. The van der Waals surface area contributed by atoms with Gasteiger partial charge in [0.25, 0.3) is 10.0 Å². The van der Waals surface area contributed by atoms with Crippen molar-refractivity contribution in [2.45, 2.75) is 18.4 Å². The Morgan fingerprint density at radius 1 is 1.08 bits per heavy atom. The number of nitrogens with zero attached hydrogens (tertiary/aromatic N) is 2. The average molecular weight is 406 g/mol. The topological polar surface area (TPSA) is 64.0 Å². The lowest BCUT2D eigenvalue weighted by Crippen LogP contribution is -2.12. The molecule has 0 saturated heterocycles. The monoisotopic (exact) mass is 405 g/mol. The molecule has 1 heterocycles. The van der Waals surface area contributed by atoms with E-state index in [1.165, 1.54) is 11.8 Å². The molecular formula is C17H16BrN3O2S. The SMILES string of the molecule is Cc1ccc(Cn2cc(NS(=O)(=O)c3ccc(Br)cc3)cn2)cc1. The van der Waals surface area contributed by atoms with E-state index in [1.807, 2.05) is 31.2 Å². The average Bonchev–Trinajstić information content (AvgIpc) is 2.96. The fourth-order valence-electron chi connectivity index (χ4n) is 2.21. The van der Waals surface area contributed by atoms with Crippen LogP contribution in [0, 0.1) is 6.92 Å². The highest BCUT2D eigenvalue weighted by atomic mass is 79.9. The van der Waals surface area contributed by atoms with Gasteiger partial charge in [-0.25, -0.2) is 8.42 Å². The summed E-state index contributed by atoms with van der Waals surface area (Å²) in [4.78, 5) is 0.206. The van der Waals surface area contributed by atoms with Crippen LogP contribution in [0.1, 0.15) is 11.1 Å². The number of nitrogens with one attached hydrogen (secondary N) is 1. The van der Waals surface area contributed by atoms with Crippen LogP contribution >= 0.6 is 15.9 Å². The molecule has 0 fully saturated rings. The molecule has 3 aromatic rings. The predicted molar refractivity (Wildman–Crippen MR) is 97.5 cm³/mol. The number of sulfonamides is 1. The van der Waals surface area contributed by atoms with Crippen molar-refractivity contribution in [2.75, 3.05) is 4.72 Å².